The standard InChI is InChI=1S/C19H26F2O2/c1-3-7-14(17-12-11-16(20)13-18(17)21)9-5-6-10-15(8-4-2)19(22)23/h9,11-13,15H,3-8,10H2,1-2H3,(H,22,23). The molecule has 0 heterocycles. The molecule has 1 rings (SSSR count). The van der Waals surface area contributed by atoms with Gasteiger partial charge < -0.3 is 5.11 Å². The molecule has 1 N–H and O–H groups in total. The van der Waals surface area contributed by atoms with Crippen molar-refractivity contribution in [2.45, 2.75) is 58.8 Å². The van der Waals surface area contributed by atoms with Gasteiger partial charge in [0.05, 0.1) is 5.92 Å². The Morgan fingerprint density at radius 1 is 1.22 bits per heavy atom. The highest BCUT2D eigenvalue weighted by Gasteiger charge is 2.15. The summed E-state index contributed by atoms with van der Waals surface area (Å²) in [6.07, 6.45) is 7.19. The lowest BCUT2D eigenvalue weighted by Gasteiger charge is -2.11. The molecule has 4 heteroatoms. The van der Waals surface area contributed by atoms with Crippen LogP contribution in [0.3, 0.4) is 0 Å². The van der Waals surface area contributed by atoms with Crippen LogP contribution in [0.5, 0.6) is 0 Å². The molecule has 1 unspecified atom stereocenters. The van der Waals surface area contributed by atoms with Gasteiger partial charge in [-0.2, -0.15) is 0 Å². The Morgan fingerprint density at radius 3 is 2.52 bits per heavy atom. The summed E-state index contributed by atoms with van der Waals surface area (Å²) in [5.41, 5.74) is 1.31. The summed E-state index contributed by atoms with van der Waals surface area (Å²) in [6.45, 7) is 3.99. The highest BCUT2D eigenvalue weighted by Crippen LogP contribution is 2.25. The third kappa shape index (κ3) is 6.51. The topological polar surface area (TPSA) is 37.3 Å². The number of hydrogen-bond donors (Lipinski definition) is 1. The van der Waals surface area contributed by atoms with Gasteiger partial charge in [0.1, 0.15) is 11.6 Å². The minimum atomic E-state index is -0.741. The second-order valence-electron chi connectivity index (χ2n) is 5.86. The molecule has 23 heavy (non-hydrogen) atoms. The first-order valence-electron chi connectivity index (χ1n) is 8.36. The van der Waals surface area contributed by atoms with E-state index in [2.05, 4.69) is 0 Å². The molecular formula is C19H26F2O2. The molecule has 0 saturated heterocycles. The van der Waals surface area contributed by atoms with E-state index in [1.807, 2.05) is 19.9 Å². The predicted octanol–water partition coefficient (Wildman–Crippen LogP) is 5.82. The van der Waals surface area contributed by atoms with Crippen LogP contribution in [0.4, 0.5) is 8.78 Å². The van der Waals surface area contributed by atoms with Gasteiger partial charge in [-0.25, -0.2) is 8.78 Å². The van der Waals surface area contributed by atoms with Gasteiger partial charge in [0.25, 0.3) is 0 Å². The number of aliphatic carboxylic acids is 1. The van der Waals surface area contributed by atoms with Crippen molar-refractivity contribution in [3.8, 4) is 0 Å². The first-order valence-corrected chi connectivity index (χ1v) is 8.36. The summed E-state index contributed by atoms with van der Waals surface area (Å²) in [5, 5.41) is 9.14. The average Bonchev–Trinajstić information content (AvgIpc) is 2.49. The van der Waals surface area contributed by atoms with E-state index in [1.54, 1.807) is 0 Å². The van der Waals surface area contributed by atoms with Crippen LogP contribution in [-0.2, 0) is 4.79 Å². The Bertz CT molecular complexity index is 538. The molecule has 1 aromatic carbocycles. The lowest BCUT2D eigenvalue weighted by Crippen LogP contribution is -2.13. The van der Waals surface area contributed by atoms with E-state index in [0.717, 1.165) is 37.3 Å². The van der Waals surface area contributed by atoms with E-state index in [4.69, 9.17) is 5.11 Å². The third-order valence-electron chi connectivity index (χ3n) is 3.93. The Kier molecular flexibility index (Phi) is 8.52. The lowest BCUT2D eigenvalue weighted by molar-refractivity contribution is -0.142. The highest BCUT2D eigenvalue weighted by atomic mass is 19.1. The molecule has 0 aliphatic carbocycles. The maximum absolute atomic E-state index is 13.9. The molecule has 0 bridgehead atoms. The van der Waals surface area contributed by atoms with E-state index >= 15 is 0 Å². The van der Waals surface area contributed by atoms with E-state index in [1.165, 1.54) is 12.1 Å². The number of rotatable bonds is 10. The van der Waals surface area contributed by atoms with Gasteiger partial charge in [0.2, 0.25) is 0 Å². The molecule has 0 spiro atoms. The van der Waals surface area contributed by atoms with Gasteiger partial charge in [-0.1, -0.05) is 32.8 Å². The maximum atomic E-state index is 13.9. The fraction of sp³-hybridized carbons (Fsp3) is 0.526. The van der Waals surface area contributed by atoms with Crippen LogP contribution in [0.25, 0.3) is 5.57 Å². The number of carboxylic acids is 1. The fourth-order valence-electron chi connectivity index (χ4n) is 2.75. The maximum Gasteiger partial charge on any atom is 0.306 e. The largest absolute Gasteiger partial charge is 0.481 e. The molecule has 0 aliphatic heterocycles. The minimum Gasteiger partial charge on any atom is -0.481 e. The molecule has 0 saturated carbocycles. The third-order valence-corrected chi connectivity index (χ3v) is 3.93. The van der Waals surface area contributed by atoms with Crippen LogP contribution in [0, 0.1) is 17.6 Å². The van der Waals surface area contributed by atoms with Gasteiger partial charge in [-0.3, -0.25) is 4.79 Å². The van der Waals surface area contributed by atoms with Crippen molar-refractivity contribution in [1.82, 2.24) is 0 Å². The quantitative estimate of drug-likeness (QED) is 0.551. The summed E-state index contributed by atoms with van der Waals surface area (Å²) in [7, 11) is 0. The number of halogens is 2. The molecule has 128 valence electrons. The van der Waals surface area contributed by atoms with Gasteiger partial charge >= 0.3 is 5.97 Å². The smallest absolute Gasteiger partial charge is 0.306 e. The summed E-state index contributed by atoms with van der Waals surface area (Å²) >= 11 is 0. The van der Waals surface area contributed by atoms with Gasteiger partial charge in [0.15, 0.2) is 0 Å². The number of unbranched alkanes of at least 4 members (excludes halogenated alkanes) is 1. The van der Waals surface area contributed by atoms with Crippen molar-refractivity contribution >= 4 is 11.5 Å². The Morgan fingerprint density at radius 2 is 1.96 bits per heavy atom. The second kappa shape index (κ2) is 10.1. The fourth-order valence-corrected chi connectivity index (χ4v) is 2.75. The minimum absolute atomic E-state index is 0.300. The molecule has 2 nitrogen and oxygen atoms in total. The zero-order valence-electron chi connectivity index (χ0n) is 13.9. The SMILES string of the molecule is CCCC(=CCCCC(CCC)C(=O)O)c1ccc(F)cc1F. The van der Waals surface area contributed by atoms with Crippen molar-refractivity contribution in [2.24, 2.45) is 5.92 Å². The molecule has 0 fully saturated rings. The average molecular weight is 324 g/mol. The molecular weight excluding hydrogens is 298 g/mol. The van der Waals surface area contributed by atoms with Crippen LogP contribution in [-0.4, -0.2) is 11.1 Å². The zero-order chi connectivity index (χ0) is 17.2. The van der Waals surface area contributed by atoms with Crippen molar-refractivity contribution < 1.29 is 18.7 Å². The van der Waals surface area contributed by atoms with Crippen LogP contribution >= 0.6 is 0 Å². The summed E-state index contributed by atoms with van der Waals surface area (Å²) in [4.78, 5) is 11.1. The van der Waals surface area contributed by atoms with Crippen LogP contribution in [0.1, 0.15) is 64.4 Å². The first kappa shape index (κ1) is 19.3. The number of allylic oxidation sites excluding steroid dienone is 2. The van der Waals surface area contributed by atoms with E-state index in [9.17, 15) is 13.6 Å². The van der Waals surface area contributed by atoms with Crippen molar-refractivity contribution in [3.63, 3.8) is 0 Å². The van der Waals surface area contributed by atoms with Gasteiger partial charge in [-0.15, -0.1) is 0 Å². The van der Waals surface area contributed by atoms with Crippen LogP contribution in [0.2, 0.25) is 0 Å². The number of benzene rings is 1. The van der Waals surface area contributed by atoms with Gasteiger partial charge in [-0.05, 0) is 49.8 Å². The van der Waals surface area contributed by atoms with E-state index in [-0.39, 0.29) is 5.92 Å². The Balaban J connectivity index is 2.70. The van der Waals surface area contributed by atoms with Crippen molar-refractivity contribution in [3.05, 3.63) is 41.5 Å². The Hall–Kier alpha value is -1.71. The molecule has 0 radical (unpaired) electrons. The molecule has 0 aliphatic rings. The Labute approximate surface area is 137 Å². The van der Waals surface area contributed by atoms with Crippen molar-refractivity contribution in [1.29, 1.82) is 0 Å². The zero-order valence-corrected chi connectivity index (χ0v) is 13.9. The van der Waals surface area contributed by atoms with Crippen LogP contribution < -0.4 is 0 Å². The number of carbonyl (C=O) groups is 1. The van der Waals surface area contributed by atoms with E-state index in [0.29, 0.717) is 24.8 Å². The predicted molar refractivity (Wildman–Crippen MR) is 89.1 cm³/mol. The molecule has 0 aromatic heterocycles. The number of hydrogen-bond acceptors (Lipinski definition) is 1. The summed E-state index contributed by atoms with van der Waals surface area (Å²) in [6, 6.07) is 3.65. The number of carboxylic acid groups (broad SMARTS) is 1. The van der Waals surface area contributed by atoms with Crippen molar-refractivity contribution in [2.75, 3.05) is 0 Å². The normalized spacial score (nSPS) is 13.1. The van der Waals surface area contributed by atoms with E-state index < -0.39 is 17.6 Å². The lowest BCUT2D eigenvalue weighted by atomic mass is 9.95. The van der Waals surface area contributed by atoms with Gasteiger partial charge in [0, 0.05) is 11.6 Å². The monoisotopic (exact) mass is 324 g/mol. The molecule has 1 aromatic rings. The molecule has 1 atom stereocenters. The van der Waals surface area contributed by atoms with Crippen LogP contribution in [0.15, 0.2) is 24.3 Å². The second-order valence-corrected chi connectivity index (χ2v) is 5.86. The highest BCUT2D eigenvalue weighted by molar-refractivity contribution is 5.70. The summed E-state index contributed by atoms with van der Waals surface area (Å²) < 4.78 is 26.9. The molecule has 0 amide bonds. The summed E-state index contributed by atoms with van der Waals surface area (Å²) in [5.74, 6) is -2.16. The first-order chi connectivity index (χ1) is 11.0.